The van der Waals surface area contributed by atoms with Crippen LogP contribution in [-0.4, -0.2) is 40.8 Å². The van der Waals surface area contributed by atoms with Gasteiger partial charge in [0.1, 0.15) is 17.5 Å². The maximum atomic E-state index is 9.53. The van der Waals surface area contributed by atoms with Gasteiger partial charge in [-0.25, -0.2) is 9.97 Å². The molecule has 2 rings (SSSR count). The number of anilines is 2. The summed E-state index contributed by atoms with van der Waals surface area (Å²) in [5.74, 6) is 2.41. The number of aliphatic hydroxyl groups is 1. The minimum Gasteiger partial charge on any atom is -0.391 e. The van der Waals surface area contributed by atoms with Gasteiger partial charge in [0.05, 0.1) is 6.10 Å². The normalized spacial score (nSPS) is 19.4. The first-order valence-electron chi connectivity index (χ1n) is 5.82. The van der Waals surface area contributed by atoms with Crippen LogP contribution in [0, 0.1) is 6.92 Å². The predicted molar refractivity (Wildman–Crippen MR) is 68.3 cm³/mol. The lowest BCUT2D eigenvalue weighted by atomic mass is 10.3. The second-order valence-electron chi connectivity index (χ2n) is 4.22. The van der Waals surface area contributed by atoms with Crippen molar-refractivity contribution in [2.75, 3.05) is 29.9 Å². The summed E-state index contributed by atoms with van der Waals surface area (Å²) >= 11 is 0. The highest BCUT2D eigenvalue weighted by Crippen LogP contribution is 2.20. The molecule has 1 atom stereocenters. The van der Waals surface area contributed by atoms with Gasteiger partial charge in [0, 0.05) is 25.7 Å². The third-order valence-electron chi connectivity index (χ3n) is 2.74. The quantitative estimate of drug-likeness (QED) is 0.760. The van der Waals surface area contributed by atoms with E-state index >= 15 is 0 Å². The van der Waals surface area contributed by atoms with E-state index in [2.05, 4.69) is 26.8 Å². The van der Waals surface area contributed by atoms with Gasteiger partial charge in [-0.3, -0.25) is 0 Å². The molecule has 1 aromatic rings. The zero-order valence-corrected chi connectivity index (χ0v) is 10.1. The third kappa shape index (κ3) is 2.94. The Morgan fingerprint density at radius 2 is 2.47 bits per heavy atom. The molecular formula is C12H18N4O. The number of β-amino-alcohol motifs (C(OH)–C–C–N with tert-alkyl or cyclic N) is 1. The molecule has 5 heteroatoms. The van der Waals surface area contributed by atoms with E-state index in [-0.39, 0.29) is 6.10 Å². The van der Waals surface area contributed by atoms with Gasteiger partial charge < -0.3 is 15.3 Å². The zero-order chi connectivity index (χ0) is 12.3. The second kappa shape index (κ2) is 5.14. The lowest BCUT2D eigenvalue weighted by Crippen LogP contribution is -2.23. The van der Waals surface area contributed by atoms with Crippen molar-refractivity contribution in [3.63, 3.8) is 0 Å². The molecule has 1 aliphatic rings. The van der Waals surface area contributed by atoms with Crippen molar-refractivity contribution < 1.29 is 5.11 Å². The van der Waals surface area contributed by atoms with E-state index in [0.29, 0.717) is 13.1 Å². The molecule has 1 fully saturated rings. The predicted octanol–water partition coefficient (Wildman–Crippen LogP) is 0.954. The van der Waals surface area contributed by atoms with Crippen LogP contribution in [-0.2, 0) is 0 Å². The van der Waals surface area contributed by atoms with Crippen LogP contribution in [0.3, 0.4) is 0 Å². The van der Waals surface area contributed by atoms with Gasteiger partial charge in [0.25, 0.3) is 0 Å². The SMILES string of the molecule is C=CCNc1cc(N2CCC(O)C2)nc(C)n1. The Kier molecular flexibility index (Phi) is 3.58. The first-order chi connectivity index (χ1) is 8.19. The van der Waals surface area contributed by atoms with Crippen molar-refractivity contribution in [3.05, 3.63) is 24.5 Å². The number of aliphatic hydroxyl groups excluding tert-OH is 1. The molecule has 1 aromatic heterocycles. The van der Waals surface area contributed by atoms with Crippen molar-refractivity contribution in [3.8, 4) is 0 Å². The molecule has 0 amide bonds. The number of rotatable bonds is 4. The minimum absolute atomic E-state index is 0.241. The number of nitrogens with zero attached hydrogens (tertiary/aromatic N) is 3. The van der Waals surface area contributed by atoms with Gasteiger partial charge in [0.15, 0.2) is 0 Å². The van der Waals surface area contributed by atoms with Crippen LogP contribution < -0.4 is 10.2 Å². The largest absolute Gasteiger partial charge is 0.391 e. The molecule has 5 nitrogen and oxygen atoms in total. The molecular weight excluding hydrogens is 216 g/mol. The van der Waals surface area contributed by atoms with E-state index in [1.807, 2.05) is 13.0 Å². The second-order valence-corrected chi connectivity index (χ2v) is 4.22. The fourth-order valence-corrected chi connectivity index (χ4v) is 1.93. The maximum absolute atomic E-state index is 9.53. The standard InChI is InChI=1S/C12H18N4O/c1-3-5-13-11-7-12(15-9(2)14-11)16-6-4-10(17)8-16/h3,7,10,17H,1,4-6,8H2,2H3,(H,13,14,15). The fraction of sp³-hybridized carbons (Fsp3) is 0.500. The van der Waals surface area contributed by atoms with Crippen molar-refractivity contribution in [1.29, 1.82) is 0 Å². The Balaban J connectivity index is 2.16. The number of aryl methyl sites for hydroxylation is 1. The van der Waals surface area contributed by atoms with Gasteiger partial charge in [-0.05, 0) is 13.3 Å². The summed E-state index contributed by atoms with van der Waals surface area (Å²) in [6.07, 6.45) is 2.35. The molecule has 0 bridgehead atoms. The monoisotopic (exact) mass is 234 g/mol. The van der Waals surface area contributed by atoms with Crippen LogP contribution in [0.25, 0.3) is 0 Å². The number of aromatic nitrogens is 2. The molecule has 0 aliphatic carbocycles. The van der Waals surface area contributed by atoms with Crippen molar-refractivity contribution in [2.24, 2.45) is 0 Å². The first-order valence-corrected chi connectivity index (χ1v) is 5.82. The van der Waals surface area contributed by atoms with E-state index in [0.717, 1.165) is 30.4 Å². The number of hydrogen-bond acceptors (Lipinski definition) is 5. The van der Waals surface area contributed by atoms with Crippen molar-refractivity contribution in [1.82, 2.24) is 9.97 Å². The number of nitrogens with one attached hydrogen (secondary N) is 1. The fourth-order valence-electron chi connectivity index (χ4n) is 1.93. The average Bonchev–Trinajstić information content (AvgIpc) is 2.72. The molecule has 92 valence electrons. The van der Waals surface area contributed by atoms with E-state index in [1.54, 1.807) is 6.08 Å². The topological polar surface area (TPSA) is 61.3 Å². The van der Waals surface area contributed by atoms with E-state index in [4.69, 9.17) is 0 Å². The van der Waals surface area contributed by atoms with Crippen LogP contribution in [0.5, 0.6) is 0 Å². The Hall–Kier alpha value is -1.62. The van der Waals surface area contributed by atoms with E-state index in [1.165, 1.54) is 0 Å². The summed E-state index contributed by atoms with van der Waals surface area (Å²) in [4.78, 5) is 10.8. The summed E-state index contributed by atoms with van der Waals surface area (Å²) < 4.78 is 0. The summed E-state index contributed by atoms with van der Waals surface area (Å²) in [6.45, 7) is 7.70. The molecule has 1 aliphatic heterocycles. The molecule has 2 N–H and O–H groups in total. The highest BCUT2D eigenvalue weighted by molar-refractivity contribution is 5.50. The van der Waals surface area contributed by atoms with Crippen LogP contribution in [0.15, 0.2) is 18.7 Å². The Morgan fingerprint density at radius 1 is 1.65 bits per heavy atom. The van der Waals surface area contributed by atoms with Gasteiger partial charge in [-0.15, -0.1) is 6.58 Å². The Morgan fingerprint density at radius 3 is 3.12 bits per heavy atom. The molecule has 0 spiro atoms. The molecule has 17 heavy (non-hydrogen) atoms. The molecule has 2 heterocycles. The lowest BCUT2D eigenvalue weighted by Gasteiger charge is -2.17. The summed E-state index contributed by atoms with van der Waals surface area (Å²) in [5.41, 5.74) is 0. The van der Waals surface area contributed by atoms with Crippen LogP contribution in [0.2, 0.25) is 0 Å². The smallest absolute Gasteiger partial charge is 0.134 e. The summed E-state index contributed by atoms with van der Waals surface area (Å²) in [5, 5.41) is 12.7. The van der Waals surface area contributed by atoms with E-state index in [9.17, 15) is 5.11 Å². The first kappa shape index (κ1) is 11.9. The van der Waals surface area contributed by atoms with Gasteiger partial charge in [-0.1, -0.05) is 6.08 Å². The van der Waals surface area contributed by atoms with Crippen molar-refractivity contribution in [2.45, 2.75) is 19.4 Å². The maximum Gasteiger partial charge on any atom is 0.134 e. The molecule has 1 unspecified atom stereocenters. The lowest BCUT2D eigenvalue weighted by molar-refractivity contribution is 0.198. The van der Waals surface area contributed by atoms with Crippen LogP contribution in [0.1, 0.15) is 12.2 Å². The summed E-state index contributed by atoms with van der Waals surface area (Å²) in [7, 11) is 0. The number of hydrogen-bond donors (Lipinski definition) is 2. The molecule has 1 saturated heterocycles. The molecule has 0 aromatic carbocycles. The van der Waals surface area contributed by atoms with Crippen LogP contribution in [0.4, 0.5) is 11.6 Å². The third-order valence-corrected chi connectivity index (χ3v) is 2.74. The van der Waals surface area contributed by atoms with Crippen LogP contribution >= 0.6 is 0 Å². The molecule has 0 saturated carbocycles. The summed E-state index contributed by atoms with van der Waals surface area (Å²) in [6, 6.07) is 1.91. The van der Waals surface area contributed by atoms with Crippen molar-refractivity contribution >= 4 is 11.6 Å². The Labute approximate surface area is 101 Å². The Bertz CT molecular complexity index is 407. The minimum atomic E-state index is -0.241. The highest BCUT2D eigenvalue weighted by atomic mass is 16.3. The van der Waals surface area contributed by atoms with E-state index < -0.39 is 0 Å². The van der Waals surface area contributed by atoms with Gasteiger partial charge >= 0.3 is 0 Å². The average molecular weight is 234 g/mol. The van der Waals surface area contributed by atoms with Gasteiger partial charge in [-0.2, -0.15) is 0 Å². The highest BCUT2D eigenvalue weighted by Gasteiger charge is 2.21. The zero-order valence-electron chi connectivity index (χ0n) is 10.1. The molecule has 0 radical (unpaired) electrons. The van der Waals surface area contributed by atoms with Gasteiger partial charge in [0.2, 0.25) is 0 Å².